The van der Waals surface area contributed by atoms with Crippen LogP contribution >= 0.6 is 0 Å². The third kappa shape index (κ3) is 4.15. The lowest BCUT2D eigenvalue weighted by Gasteiger charge is -2.29. The number of aromatic nitrogens is 3. The highest BCUT2D eigenvalue weighted by Gasteiger charge is 2.29. The van der Waals surface area contributed by atoms with Gasteiger partial charge >= 0.3 is 6.09 Å². The van der Waals surface area contributed by atoms with E-state index in [1.54, 1.807) is 9.80 Å². The van der Waals surface area contributed by atoms with Gasteiger partial charge in [-0.05, 0) is 25.0 Å². The lowest BCUT2D eigenvalue weighted by Crippen LogP contribution is -2.41. The molecule has 10 heteroatoms. The predicted octanol–water partition coefficient (Wildman–Crippen LogP) is 2.44. The topological polar surface area (TPSA) is 113 Å². The fourth-order valence-electron chi connectivity index (χ4n) is 4.54. The lowest BCUT2D eigenvalue weighted by molar-refractivity contribution is -0.121. The van der Waals surface area contributed by atoms with Gasteiger partial charge in [0.15, 0.2) is 5.82 Å². The van der Waals surface area contributed by atoms with Crippen LogP contribution < -0.4 is 5.32 Å². The van der Waals surface area contributed by atoms with E-state index in [1.807, 2.05) is 41.1 Å². The van der Waals surface area contributed by atoms with E-state index in [-0.39, 0.29) is 23.8 Å². The van der Waals surface area contributed by atoms with Crippen molar-refractivity contribution in [1.29, 1.82) is 0 Å². The zero-order valence-electron chi connectivity index (χ0n) is 18.4. The monoisotopic (exact) mass is 450 g/mol. The number of nitrogens with zero attached hydrogens (tertiary/aromatic N) is 4. The van der Waals surface area contributed by atoms with E-state index >= 15 is 0 Å². The number of ether oxygens (including phenoxy) is 1. The molecular weight excluding hydrogens is 424 g/mol. The first-order valence-corrected chi connectivity index (χ1v) is 11.1. The molecule has 0 bridgehead atoms. The summed E-state index contributed by atoms with van der Waals surface area (Å²) in [4.78, 5) is 43.9. The van der Waals surface area contributed by atoms with Gasteiger partial charge in [0.1, 0.15) is 5.69 Å². The van der Waals surface area contributed by atoms with Gasteiger partial charge in [-0.2, -0.15) is 5.10 Å². The third-order valence-corrected chi connectivity index (χ3v) is 6.40. The standard InChI is InChI=1S/C23H26N6O4/c1-33-23(32)27-8-6-15(7-9-27)21(30)25-20-13-17-14-28(10-11-29(17)26-20)22(31)19-12-16-4-2-3-5-18(16)24-19/h2-5,12-13,15,24H,6-11,14H2,1H3,(H,25,26,30). The molecule has 33 heavy (non-hydrogen) atoms. The number of amides is 3. The lowest BCUT2D eigenvalue weighted by atomic mass is 9.96. The van der Waals surface area contributed by atoms with Gasteiger partial charge < -0.3 is 24.8 Å². The van der Waals surface area contributed by atoms with Gasteiger partial charge in [-0.1, -0.05) is 18.2 Å². The van der Waals surface area contributed by atoms with Crippen LogP contribution in [0, 0.1) is 5.92 Å². The van der Waals surface area contributed by atoms with Crippen molar-refractivity contribution < 1.29 is 19.1 Å². The van der Waals surface area contributed by atoms with Gasteiger partial charge in [0, 0.05) is 42.5 Å². The maximum Gasteiger partial charge on any atom is 0.409 e. The number of piperidine rings is 1. The maximum absolute atomic E-state index is 13.0. The highest BCUT2D eigenvalue weighted by Crippen LogP contribution is 2.23. The fourth-order valence-corrected chi connectivity index (χ4v) is 4.54. The van der Waals surface area contributed by atoms with Gasteiger partial charge in [0.05, 0.1) is 25.9 Å². The number of fused-ring (bicyclic) bond motifs is 2. The van der Waals surface area contributed by atoms with Gasteiger partial charge in [0.2, 0.25) is 5.91 Å². The van der Waals surface area contributed by atoms with Crippen LogP contribution in [0.15, 0.2) is 36.4 Å². The summed E-state index contributed by atoms with van der Waals surface area (Å²) in [6.07, 6.45) is 0.810. The quantitative estimate of drug-likeness (QED) is 0.637. The van der Waals surface area contributed by atoms with Crippen molar-refractivity contribution >= 4 is 34.6 Å². The van der Waals surface area contributed by atoms with Crippen molar-refractivity contribution in [2.75, 3.05) is 32.1 Å². The van der Waals surface area contributed by atoms with Crippen molar-refractivity contribution in [3.05, 3.63) is 47.8 Å². The first-order valence-electron chi connectivity index (χ1n) is 11.1. The molecule has 1 saturated heterocycles. The number of H-pyrrole nitrogens is 1. The number of rotatable bonds is 3. The molecule has 2 N–H and O–H groups in total. The normalized spacial score (nSPS) is 16.5. The van der Waals surface area contributed by atoms with Crippen LogP contribution in [0.5, 0.6) is 0 Å². The Labute approximate surface area is 190 Å². The Morgan fingerprint density at radius 2 is 1.85 bits per heavy atom. The molecule has 5 rings (SSSR count). The molecule has 2 aliphatic rings. The molecule has 0 radical (unpaired) electrons. The van der Waals surface area contributed by atoms with Crippen molar-refractivity contribution in [3.8, 4) is 0 Å². The smallest absolute Gasteiger partial charge is 0.409 e. The zero-order valence-corrected chi connectivity index (χ0v) is 18.4. The molecule has 0 saturated carbocycles. The molecule has 1 aromatic carbocycles. The van der Waals surface area contributed by atoms with Gasteiger partial charge in [0.25, 0.3) is 5.91 Å². The average molecular weight is 450 g/mol. The van der Waals surface area contributed by atoms with Crippen LogP contribution in [0.2, 0.25) is 0 Å². The van der Waals surface area contributed by atoms with Crippen LogP contribution in [-0.2, 0) is 22.6 Å². The summed E-state index contributed by atoms with van der Waals surface area (Å²) < 4.78 is 6.58. The molecular formula is C23H26N6O4. The number of anilines is 1. The van der Waals surface area contributed by atoms with Crippen LogP contribution in [0.25, 0.3) is 10.9 Å². The molecule has 2 aromatic heterocycles. The van der Waals surface area contributed by atoms with Crippen molar-refractivity contribution in [2.24, 2.45) is 5.92 Å². The Kier molecular flexibility index (Phi) is 5.49. The summed E-state index contributed by atoms with van der Waals surface area (Å²) in [5, 5.41) is 8.41. The molecule has 0 spiro atoms. The zero-order chi connectivity index (χ0) is 22.9. The first kappa shape index (κ1) is 21.0. The van der Waals surface area contributed by atoms with E-state index in [0.717, 1.165) is 16.6 Å². The van der Waals surface area contributed by atoms with Crippen molar-refractivity contribution in [1.82, 2.24) is 24.6 Å². The molecule has 3 aromatic rings. The van der Waals surface area contributed by atoms with Crippen LogP contribution in [0.4, 0.5) is 10.6 Å². The van der Waals surface area contributed by atoms with Crippen LogP contribution in [0.3, 0.4) is 0 Å². The van der Waals surface area contributed by atoms with E-state index in [0.29, 0.717) is 57.1 Å². The molecule has 10 nitrogen and oxygen atoms in total. The molecule has 2 aliphatic heterocycles. The van der Waals surface area contributed by atoms with Crippen molar-refractivity contribution in [2.45, 2.75) is 25.9 Å². The Bertz CT molecular complexity index is 1170. The van der Waals surface area contributed by atoms with Crippen LogP contribution in [0.1, 0.15) is 29.0 Å². The molecule has 0 unspecified atom stereocenters. The SMILES string of the molecule is COC(=O)N1CCC(C(=O)Nc2cc3n(n2)CCN(C(=O)c2cc4ccccc4[nH]2)C3)CC1. The first-order chi connectivity index (χ1) is 16.0. The molecule has 1 fully saturated rings. The largest absolute Gasteiger partial charge is 0.453 e. The number of hydrogen-bond acceptors (Lipinski definition) is 5. The van der Waals surface area contributed by atoms with Gasteiger partial charge in [-0.25, -0.2) is 4.79 Å². The Morgan fingerprint density at radius 3 is 2.61 bits per heavy atom. The number of likely N-dealkylation sites (tertiary alicyclic amines) is 1. The number of para-hydroxylation sites is 1. The number of carbonyl (C=O) groups is 3. The van der Waals surface area contributed by atoms with E-state index < -0.39 is 0 Å². The molecule has 0 aliphatic carbocycles. The van der Waals surface area contributed by atoms with E-state index in [9.17, 15) is 14.4 Å². The minimum absolute atomic E-state index is 0.0541. The summed E-state index contributed by atoms with van der Waals surface area (Å²) in [6.45, 7) is 2.52. The summed E-state index contributed by atoms with van der Waals surface area (Å²) in [5.41, 5.74) is 2.38. The minimum atomic E-state index is -0.359. The number of carbonyl (C=O) groups excluding carboxylic acids is 3. The van der Waals surface area contributed by atoms with Gasteiger partial charge in [-0.15, -0.1) is 0 Å². The second-order valence-electron chi connectivity index (χ2n) is 8.46. The molecule has 0 atom stereocenters. The van der Waals surface area contributed by atoms with E-state index in [1.165, 1.54) is 7.11 Å². The highest BCUT2D eigenvalue weighted by atomic mass is 16.5. The molecule has 172 valence electrons. The van der Waals surface area contributed by atoms with Crippen molar-refractivity contribution in [3.63, 3.8) is 0 Å². The molecule has 4 heterocycles. The maximum atomic E-state index is 13.0. The Hall–Kier alpha value is -3.82. The fraction of sp³-hybridized carbons (Fsp3) is 0.391. The Balaban J connectivity index is 1.21. The van der Waals surface area contributed by atoms with Gasteiger partial charge in [-0.3, -0.25) is 14.3 Å². The molecule has 3 amide bonds. The number of aromatic amines is 1. The number of hydrogen-bond donors (Lipinski definition) is 2. The van der Waals surface area contributed by atoms with E-state index in [2.05, 4.69) is 15.4 Å². The summed E-state index contributed by atoms with van der Waals surface area (Å²) in [6, 6.07) is 11.5. The minimum Gasteiger partial charge on any atom is -0.453 e. The second kappa shape index (κ2) is 8.61. The predicted molar refractivity (Wildman–Crippen MR) is 121 cm³/mol. The second-order valence-corrected chi connectivity index (χ2v) is 8.46. The third-order valence-electron chi connectivity index (χ3n) is 6.40. The number of methoxy groups -OCH3 is 1. The average Bonchev–Trinajstić information content (AvgIpc) is 3.46. The van der Waals surface area contributed by atoms with Crippen LogP contribution in [-0.4, -0.2) is 69.2 Å². The number of benzene rings is 1. The Morgan fingerprint density at radius 1 is 1.06 bits per heavy atom. The summed E-state index contributed by atoms with van der Waals surface area (Å²) >= 11 is 0. The highest BCUT2D eigenvalue weighted by molar-refractivity contribution is 5.98. The summed E-state index contributed by atoms with van der Waals surface area (Å²) in [7, 11) is 1.36. The summed E-state index contributed by atoms with van der Waals surface area (Å²) in [5.74, 6) is 0.164. The number of nitrogens with one attached hydrogen (secondary N) is 2. The van der Waals surface area contributed by atoms with E-state index in [4.69, 9.17) is 4.74 Å².